The Morgan fingerprint density at radius 1 is 1.29 bits per heavy atom. The Morgan fingerprint density at radius 3 is 2.65 bits per heavy atom. The van der Waals surface area contributed by atoms with E-state index in [0.717, 1.165) is 25.3 Å². The molecule has 0 aromatic rings. The lowest BCUT2D eigenvalue weighted by atomic mass is 9.86. The first-order valence-electron chi connectivity index (χ1n) is 7.58. The maximum Gasteiger partial charge on any atom is 0.0543 e. The quantitative estimate of drug-likeness (QED) is 0.716. The van der Waals surface area contributed by atoms with Crippen molar-refractivity contribution in [1.82, 2.24) is 5.32 Å². The normalized spacial score (nSPS) is 28.9. The van der Waals surface area contributed by atoms with Crippen LogP contribution in [0.15, 0.2) is 0 Å². The van der Waals surface area contributed by atoms with Crippen molar-refractivity contribution in [3.63, 3.8) is 0 Å². The van der Waals surface area contributed by atoms with Crippen LogP contribution in [0.5, 0.6) is 0 Å². The van der Waals surface area contributed by atoms with Crippen LogP contribution >= 0.6 is 0 Å². The van der Waals surface area contributed by atoms with Gasteiger partial charge in [0.25, 0.3) is 0 Å². The fourth-order valence-electron chi connectivity index (χ4n) is 3.17. The molecule has 0 radical (unpaired) electrons. The zero-order valence-electron chi connectivity index (χ0n) is 11.9. The largest absolute Gasteiger partial charge is 0.393 e. The number of aliphatic hydroxyl groups excluding tert-OH is 1. The predicted octanol–water partition coefficient (Wildman–Crippen LogP) is 3.34. The van der Waals surface area contributed by atoms with Gasteiger partial charge < -0.3 is 10.4 Å². The summed E-state index contributed by atoms with van der Waals surface area (Å²) < 4.78 is 0. The van der Waals surface area contributed by atoms with Crippen molar-refractivity contribution in [2.45, 2.75) is 77.9 Å². The number of hydrogen-bond acceptors (Lipinski definition) is 2. The highest BCUT2D eigenvalue weighted by molar-refractivity contribution is 4.77. The lowest BCUT2D eigenvalue weighted by Crippen LogP contribution is -2.39. The van der Waals surface area contributed by atoms with Crippen LogP contribution in [-0.2, 0) is 0 Å². The van der Waals surface area contributed by atoms with E-state index in [1.807, 2.05) is 0 Å². The summed E-state index contributed by atoms with van der Waals surface area (Å²) in [5.74, 6) is 1.47. The molecule has 4 atom stereocenters. The minimum atomic E-state index is -0.0382. The molecule has 1 rings (SSSR count). The van der Waals surface area contributed by atoms with Gasteiger partial charge in [-0.25, -0.2) is 0 Å². The number of aliphatic hydroxyl groups is 1. The number of nitrogens with one attached hydrogen (secondary N) is 1. The van der Waals surface area contributed by atoms with E-state index in [-0.39, 0.29) is 6.10 Å². The summed E-state index contributed by atoms with van der Waals surface area (Å²) in [4.78, 5) is 0. The van der Waals surface area contributed by atoms with Gasteiger partial charge in [0.1, 0.15) is 0 Å². The van der Waals surface area contributed by atoms with Crippen molar-refractivity contribution in [3.05, 3.63) is 0 Å². The second-order valence-corrected chi connectivity index (χ2v) is 5.88. The highest BCUT2D eigenvalue weighted by Gasteiger charge is 2.21. The molecule has 2 N–H and O–H groups in total. The van der Waals surface area contributed by atoms with Crippen LogP contribution in [-0.4, -0.2) is 23.8 Å². The van der Waals surface area contributed by atoms with Gasteiger partial charge in [-0.1, -0.05) is 33.6 Å². The van der Waals surface area contributed by atoms with Gasteiger partial charge in [-0.2, -0.15) is 0 Å². The first-order chi connectivity index (χ1) is 8.17. The fraction of sp³-hybridized carbons (Fsp3) is 1.00. The van der Waals surface area contributed by atoms with E-state index in [1.54, 1.807) is 0 Å². The molecule has 0 amide bonds. The number of rotatable bonds is 7. The van der Waals surface area contributed by atoms with Crippen LogP contribution in [0.3, 0.4) is 0 Å². The third kappa shape index (κ3) is 5.39. The lowest BCUT2D eigenvalue weighted by Gasteiger charge is -2.30. The molecule has 0 saturated heterocycles. The highest BCUT2D eigenvalue weighted by Crippen LogP contribution is 2.24. The van der Waals surface area contributed by atoms with E-state index < -0.39 is 0 Å². The summed E-state index contributed by atoms with van der Waals surface area (Å²) in [6, 6.07) is 0.661. The molecule has 0 bridgehead atoms. The molecule has 1 fully saturated rings. The summed E-state index contributed by atoms with van der Waals surface area (Å²) in [5.41, 5.74) is 0. The fourth-order valence-corrected chi connectivity index (χ4v) is 3.17. The molecule has 0 heterocycles. The van der Waals surface area contributed by atoms with Crippen LogP contribution in [0, 0.1) is 11.8 Å². The van der Waals surface area contributed by atoms with Crippen molar-refractivity contribution in [3.8, 4) is 0 Å². The van der Waals surface area contributed by atoms with Gasteiger partial charge in [0.15, 0.2) is 0 Å². The Hall–Kier alpha value is -0.0800. The molecule has 0 aromatic heterocycles. The van der Waals surface area contributed by atoms with Gasteiger partial charge in [-0.3, -0.25) is 0 Å². The Kier molecular flexibility index (Phi) is 7.14. The molecule has 0 aliphatic heterocycles. The van der Waals surface area contributed by atoms with Gasteiger partial charge in [0.2, 0.25) is 0 Å². The maximum absolute atomic E-state index is 9.67. The van der Waals surface area contributed by atoms with Crippen molar-refractivity contribution in [2.75, 3.05) is 6.54 Å². The monoisotopic (exact) mass is 241 g/mol. The third-order valence-electron chi connectivity index (χ3n) is 4.29. The second-order valence-electron chi connectivity index (χ2n) is 5.88. The van der Waals surface area contributed by atoms with E-state index in [9.17, 15) is 5.11 Å². The molecule has 2 heteroatoms. The SMILES string of the molecule is CCCC(C)C(CC)NCC1CCCC(O)C1. The van der Waals surface area contributed by atoms with Crippen LogP contribution in [0.2, 0.25) is 0 Å². The number of hydrogen-bond donors (Lipinski definition) is 2. The summed E-state index contributed by atoms with van der Waals surface area (Å²) in [6.45, 7) is 8.00. The van der Waals surface area contributed by atoms with Crippen molar-refractivity contribution >= 4 is 0 Å². The summed E-state index contributed by atoms with van der Waals surface area (Å²) in [5, 5.41) is 13.4. The summed E-state index contributed by atoms with van der Waals surface area (Å²) in [6.07, 6.45) is 8.29. The van der Waals surface area contributed by atoms with Crippen molar-refractivity contribution in [2.24, 2.45) is 11.8 Å². The van der Waals surface area contributed by atoms with Gasteiger partial charge in [-0.15, -0.1) is 0 Å². The van der Waals surface area contributed by atoms with Gasteiger partial charge in [0.05, 0.1) is 6.10 Å². The molecule has 1 aliphatic rings. The topological polar surface area (TPSA) is 32.3 Å². The molecule has 4 unspecified atom stereocenters. The second kappa shape index (κ2) is 8.10. The van der Waals surface area contributed by atoms with Crippen LogP contribution in [0.25, 0.3) is 0 Å². The van der Waals surface area contributed by atoms with E-state index in [1.165, 1.54) is 32.1 Å². The zero-order chi connectivity index (χ0) is 12.7. The lowest BCUT2D eigenvalue weighted by molar-refractivity contribution is 0.0985. The molecule has 17 heavy (non-hydrogen) atoms. The van der Waals surface area contributed by atoms with Gasteiger partial charge in [0, 0.05) is 6.04 Å². The Morgan fingerprint density at radius 2 is 2.06 bits per heavy atom. The predicted molar refractivity (Wildman–Crippen MR) is 74.1 cm³/mol. The van der Waals surface area contributed by atoms with Crippen LogP contribution in [0.4, 0.5) is 0 Å². The van der Waals surface area contributed by atoms with E-state index in [2.05, 4.69) is 26.1 Å². The maximum atomic E-state index is 9.67. The molecule has 0 aromatic carbocycles. The Bertz CT molecular complexity index is 195. The smallest absolute Gasteiger partial charge is 0.0543 e. The average Bonchev–Trinajstić information content (AvgIpc) is 2.30. The first kappa shape index (κ1) is 15.0. The van der Waals surface area contributed by atoms with E-state index in [4.69, 9.17) is 0 Å². The highest BCUT2D eigenvalue weighted by atomic mass is 16.3. The molecule has 2 nitrogen and oxygen atoms in total. The average molecular weight is 241 g/mol. The summed E-state index contributed by atoms with van der Waals surface area (Å²) >= 11 is 0. The molecule has 1 saturated carbocycles. The van der Waals surface area contributed by atoms with Gasteiger partial charge >= 0.3 is 0 Å². The summed E-state index contributed by atoms with van der Waals surface area (Å²) in [7, 11) is 0. The zero-order valence-corrected chi connectivity index (χ0v) is 11.9. The molecule has 102 valence electrons. The van der Waals surface area contributed by atoms with Gasteiger partial charge in [-0.05, 0) is 50.5 Å². The third-order valence-corrected chi connectivity index (χ3v) is 4.29. The van der Waals surface area contributed by atoms with Crippen LogP contribution < -0.4 is 5.32 Å². The minimum absolute atomic E-state index is 0.0382. The van der Waals surface area contributed by atoms with E-state index >= 15 is 0 Å². The Labute approximate surface area is 107 Å². The molecule has 1 aliphatic carbocycles. The van der Waals surface area contributed by atoms with Crippen molar-refractivity contribution < 1.29 is 5.11 Å². The molecular weight excluding hydrogens is 210 g/mol. The van der Waals surface area contributed by atoms with Crippen LogP contribution in [0.1, 0.15) is 65.7 Å². The standard InChI is InChI=1S/C15H31NO/c1-4-7-12(3)15(5-2)16-11-13-8-6-9-14(17)10-13/h12-17H,4-11H2,1-3H3. The van der Waals surface area contributed by atoms with E-state index in [0.29, 0.717) is 12.0 Å². The Balaban J connectivity index is 2.26. The molecular formula is C15H31NO. The molecule has 0 spiro atoms. The first-order valence-corrected chi connectivity index (χ1v) is 7.58. The van der Waals surface area contributed by atoms with Crippen molar-refractivity contribution in [1.29, 1.82) is 0 Å². The minimum Gasteiger partial charge on any atom is -0.393 e.